The monoisotopic (exact) mass is 198 g/mol. The van der Waals surface area contributed by atoms with Crippen LogP contribution in [-0.2, 0) is 0 Å². The first-order valence-corrected chi connectivity index (χ1v) is 6.06. The molecule has 0 aromatic rings. The number of rotatable bonds is 7. The zero-order chi connectivity index (χ0) is 11.0. The van der Waals surface area contributed by atoms with E-state index in [1.54, 1.807) is 0 Å². The average Bonchev–Trinajstić information content (AvgIpc) is 2.23. The van der Waals surface area contributed by atoms with E-state index in [9.17, 15) is 5.11 Å². The molecule has 0 unspecified atom stereocenters. The van der Waals surface area contributed by atoms with E-state index in [0.29, 0.717) is 0 Å². The van der Waals surface area contributed by atoms with Gasteiger partial charge in [-0.05, 0) is 31.3 Å². The third-order valence-corrected chi connectivity index (χ3v) is 2.97. The smallest absolute Gasteiger partial charge is 0.0851 e. The van der Waals surface area contributed by atoms with Crippen molar-refractivity contribution >= 4 is 0 Å². The molecule has 0 amide bonds. The van der Waals surface area contributed by atoms with Crippen LogP contribution in [0.25, 0.3) is 0 Å². The lowest BCUT2D eigenvalue weighted by molar-refractivity contribution is 0.0660. The van der Waals surface area contributed by atoms with Crippen LogP contribution >= 0.6 is 0 Å². The lowest BCUT2D eigenvalue weighted by Gasteiger charge is -2.29. The minimum absolute atomic E-state index is 0.537. The fraction of sp³-hybridized carbons (Fsp3) is 0.846. The molecule has 0 rings (SSSR count). The van der Waals surface area contributed by atoms with Gasteiger partial charge in [0.1, 0.15) is 0 Å². The zero-order valence-corrected chi connectivity index (χ0v) is 10.3. The van der Waals surface area contributed by atoms with Gasteiger partial charge in [0.25, 0.3) is 0 Å². The molecule has 0 aromatic carbocycles. The Labute approximate surface area is 89.2 Å². The van der Waals surface area contributed by atoms with Gasteiger partial charge in [-0.15, -0.1) is 0 Å². The van der Waals surface area contributed by atoms with E-state index in [4.69, 9.17) is 0 Å². The molecule has 0 saturated carbocycles. The van der Waals surface area contributed by atoms with E-state index in [0.717, 1.165) is 38.5 Å². The molecule has 0 aliphatic carbocycles. The number of unbranched alkanes of at least 4 members (excludes halogenated alkanes) is 1. The van der Waals surface area contributed by atoms with Crippen molar-refractivity contribution in [1.82, 2.24) is 0 Å². The van der Waals surface area contributed by atoms with Crippen LogP contribution in [0.5, 0.6) is 0 Å². The molecule has 0 bridgehead atoms. The molecule has 0 fully saturated rings. The Morgan fingerprint density at radius 1 is 1.07 bits per heavy atom. The summed E-state index contributed by atoms with van der Waals surface area (Å²) >= 11 is 0. The summed E-state index contributed by atoms with van der Waals surface area (Å²) in [7, 11) is 0. The Bertz CT molecular complexity index is 166. The highest BCUT2D eigenvalue weighted by atomic mass is 16.3. The van der Waals surface area contributed by atoms with Gasteiger partial charge in [0.2, 0.25) is 0 Å². The van der Waals surface area contributed by atoms with Gasteiger partial charge in [0.05, 0.1) is 5.60 Å². The van der Waals surface area contributed by atoms with E-state index in [2.05, 4.69) is 33.8 Å². The van der Waals surface area contributed by atoms with Crippen molar-refractivity contribution in [3.05, 3.63) is 11.6 Å². The van der Waals surface area contributed by atoms with Crippen LogP contribution < -0.4 is 0 Å². The summed E-state index contributed by atoms with van der Waals surface area (Å²) in [5.41, 5.74) is 0.720. The van der Waals surface area contributed by atoms with Gasteiger partial charge in [-0.25, -0.2) is 0 Å². The van der Waals surface area contributed by atoms with Gasteiger partial charge in [-0.2, -0.15) is 0 Å². The molecule has 0 atom stereocenters. The van der Waals surface area contributed by atoms with Gasteiger partial charge in [-0.1, -0.05) is 46.6 Å². The Morgan fingerprint density at radius 3 is 2.00 bits per heavy atom. The van der Waals surface area contributed by atoms with E-state index in [1.807, 2.05) is 0 Å². The summed E-state index contributed by atoms with van der Waals surface area (Å²) in [5.74, 6) is 0. The van der Waals surface area contributed by atoms with Gasteiger partial charge in [0.15, 0.2) is 0 Å². The van der Waals surface area contributed by atoms with Crippen molar-refractivity contribution in [2.45, 2.75) is 71.8 Å². The molecule has 0 aromatic heterocycles. The number of hydrogen-bond donors (Lipinski definition) is 1. The largest absolute Gasteiger partial charge is 0.386 e. The number of aliphatic hydroxyl groups is 1. The van der Waals surface area contributed by atoms with Crippen molar-refractivity contribution in [2.24, 2.45) is 0 Å². The lowest BCUT2D eigenvalue weighted by Crippen LogP contribution is -2.29. The SMILES string of the molecule is CCC/C=C(\CCC)C(O)(CC)CC. The molecule has 0 aliphatic heterocycles. The minimum atomic E-state index is -0.537. The second-order valence-electron chi connectivity index (χ2n) is 4.01. The Kier molecular flexibility index (Phi) is 6.90. The topological polar surface area (TPSA) is 20.2 Å². The summed E-state index contributed by atoms with van der Waals surface area (Å²) in [5, 5.41) is 10.4. The standard InChI is InChI=1S/C13H26O/c1-5-9-11-12(10-6-2)13(14,7-3)8-4/h11,14H,5-10H2,1-4H3/b12-11+. The fourth-order valence-electron chi connectivity index (χ4n) is 1.82. The van der Waals surface area contributed by atoms with E-state index in [-0.39, 0.29) is 0 Å². The van der Waals surface area contributed by atoms with Crippen molar-refractivity contribution in [3.63, 3.8) is 0 Å². The summed E-state index contributed by atoms with van der Waals surface area (Å²) in [6.45, 7) is 8.49. The van der Waals surface area contributed by atoms with E-state index < -0.39 is 5.60 Å². The second-order valence-corrected chi connectivity index (χ2v) is 4.01. The predicted octanol–water partition coefficient (Wildman–Crippen LogP) is 4.06. The quantitative estimate of drug-likeness (QED) is 0.611. The maximum atomic E-state index is 10.4. The average molecular weight is 198 g/mol. The third kappa shape index (κ3) is 3.83. The van der Waals surface area contributed by atoms with Crippen molar-refractivity contribution < 1.29 is 5.11 Å². The van der Waals surface area contributed by atoms with Gasteiger partial charge in [0, 0.05) is 0 Å². The molecule has 0 spiro atoms. The Morgan fingerprint density at radius 2 is 1.64 bits per heavy atom. The molecule has 1 N–H and O–H groups in total. The predicted molar refractivity (Wildman–Crippen MR) is 63.4 cm³/mol. The van der Waals surface area contributed by atoms with E-state index >= 15 is 0 Å². The van der Waals surface area contributed by atoms with Crippen LogP contribution in [-0.4, -0.2) is 10.7 Å². The second kappa shape index (κ2) is 7.05. The summed E-state index contributed by atoms with van der Waals surface area (Å²) in [4.78, 5) is 0. The van der Waals surface area contributed by atoms with Crippen molar-refractivity contribution in [3.8, 4) is 0 Å². The van der Waals surface area contributed by atoms with Crippen LogP contribution in [0.3, 0.4) is 0 Å². The summed E-state index contributed by atoms with van der Waals surface area (Å²) in [6.07, 6.45) is 8.33. The maximum Gasteiger partial charge on any atom is 0.0851 e. The van der Waals surface area contributed by atoms with Crippen molar-refractivity contribution in [1.29, 1.82) is 0 Å². The first-order valence-electron chi connectivity index (χ1n) is 6.06. The molecule has 0 heterocycles. The minimum Gasteiger partial charge on any atom is -0.386 e. The highest BCUT2D eigenvalue weighted by molar-refractivity contribution is 5.16. The van der Waals surface area contributed by atoms with Crippen LogP contribution in [0, 0.1) is 0 Å². The fourth-order valence-corrected chi connectivity index (χ4v) is 1.82. The van der Waals surface area contributed by atoms with E-state index in [1.165, 1.54) is 5.57 Å². The van der Waals surface area contributed by atoms with Crippen LogP contribution in [0.15, 0.2) is 11.6 Å². The molecular weight excluding hydrogens is 172 g/mol. The highest BCUT2D eigenvalue weighted by Gasteiger charge is 2.25. The zero-order valence-electron chi connectivity index (χ0n) is 10.3. The normalized spacial score (nSPS) is 13.4. The number of allylic oxidation sites excluding steroid dienone is 1. The lowest BCUT2D eigenvalue weighted by atomic mass is 9.85. The van der Waals surface area contributed by atoms with Crippen LogP contribution in [0.4, 0.5) is 0 Å². The molecule has 1 heteroatoms. The van der Waals surface area contributed by atoms with Crippen molar-refractivity contribution in [2.75, 3.05) is 0 Å². The Balaban J connectivity index is 4.59. The maximum absolute atomic E-state index is 10.4. The summed E-state index contributed by atoms with van der Waals surface area (Å²) < 4.78 is 0. The van der Waals surface area contributed by atoms with Crippen LogP contribution in [0.1, 0.15) is 66.2 Å². The molecule has 0 aliphatic rings. The van der Waals surface area contributed by atoms with Crippen LogP contribution in [0.2, 0.25) is 0 Å². The third-order valence-electron chi connectivity index (χ3n) is 2.97. The molecule has 0 radical (unpaired) electrons. The molecular formula is C13H26O. The Hall–Kier alpha value is -0.300. The first kappa shape index (κ1) is 13.7. The summed E-state index contributed by atoms with van der Waals surface area (Å²) in [6, 6.07) is 0. The molecule has 0 saturated heterocycles. The molecule has 1 nitrogen and oxygen atoms in total. The molecule has 84 valence electrons. The number of hydrogen-bond acceptors (Lipinski definition) is 1. The molecule has 14 heavy (non-hydrogen) atoms. The van der Waals surface area contributed by atoms with Gasteiger partial charge >= 0.3 is 0 Å². The van der Waals surface area contributed by atoms with Gasteiger partial charge < -0.3 is 5.11 Å². The van der Waals surface area contributed by atoms with Gasteiger partial charge in [-0.3, -0.25) is 0 Å². The highest BCUT2D eigenvalue weighted by Crippen LogP contribution is 2.28. The first-order chi connectivity index (χ1) is 6.64.